The van der Waals surface area contributed by atoms with Crippen LogP contribution in [-0.2, 0) is 5.41 Å². The molecule has 0 amide bonds. The number of benzene rings is 1. The molecule has 23 heavy (non-hydrogen) atoms. The van der Waals surface area contributed by atoms with E-state index in [1.54, 1.807) is 0 Å². The minimum Gasteiger partial charge on any atom is -0.359 e. The van der Waals surface area contributed by atoms with E-state index in [0.717, 1.165) is 0 Å². The Labute approximate surface area is 138 Å². The zero-order valence-corrected chi connectivity index (χ0v) is 14.5. The summed E-state index contributed by atoms with van der Waals surface area (Å²) in [5.74, 6) is 0. The van der Waals surface area contributed by atoms with Crippen LogP contribution in [0.5, 0.6) is 0 Å². The highest BCUT2D eigenvalue weighted by atomic mass is 15.4. The second-order valence-corrected chi connectivity index (χ2v) is 7.21. The van der Waals surface area contributed by atoms with Gasteiger partial charge >= 0.3 is 0 Å². The lowest BCUT2D eigenvalue weighted by Crippen LogP contribution is -2.33. The first kappa shape index (κ1) is 14.3. The van der Waals surface area contributed by atoms with Crippen LogP contribution in [-0.4, -0.2) is 23.1 Å². The fraction of sp³-hybridized carbons (Fsp3) is 0.350. The Hall–Kier alpha value is -2.29. The van der Waals surface area contributed by atoms with Crippen molar-refractivity contribution in [3.8, 4) is 11.1 Å². The molecule has 0 unspecified atom stereocenters. The van der Waals surface area contributed by atoms with Gasteiger partial charge in [-0.05, 0) is 42.7 Å². The molecule has 1 aromatic heterocycles. The molecule has 2 aliphatic rings. The maximum absolute atomic E-state index is 4.67. The highest BCUT2D eigenvalue weighted by Crippen LogP contribution is 2.49. The van der Waals surface area contributed by atoms with Crippen LogP contribution in [0.25, 0.3) is 11.1 Å². The van der Waals surface area contributed by atoms with Crippen LogP contribution in [0.4, 0.5) is 5.69 Å². The van der Waals surface area contributed by atoms with Gasteiger partial charge in [-0.2, -0.15) is 0 Å². The van der Waals surface area contributed by atoms with Gasteiger partial charge in [-0.15, -0.1) is 0 Å². The Morgan fingerprint density at radius 2 is 1.91 bits per heavy atom. The van der Waals surface area contributed by atoms with Gasteiger partial charge in [0.15, 0.2) is 0 Å². The molecule has 3 heteroatoms. The molecule has 2 aromatic rings. The monoisotopic (exact) mass is 305 g/mol. The SMILES string of the molecule is Cc1cc2c(cc1N1C=CN(C)[C@@H]1C)-c1cccnc1C2(C)C. The van der Waals surface area contributed by atoms with E-state index in [1.165, 1.54) is 33.6 Å². The van der Waals surface area contributed by atoms with E-state index in [4.69, 9.17) is 0 Å². The minimum absolute atomic E-state index is 0.0293. The largest absolute Gasteiger partial charge is 0.359 e. The summed E-state index contributed by atoms with van der Waals surface area (Å²) in [4.78, 5) is 9.25. The van der Waals surface area contributed by atoms with Crippen LogP contribution in [0.2, 0.25) is 0 Å². The van der Waals surface area contributed by atoms with E-state index in [9.17, 15) is 0 Å². The van der Waals surface area contributed by atoms with Gasteiger partial charge in [-0.25, -0.2) is 0 Å². The molecule has 1 atom stereocenters. The summed E-state index contributed by atoms with van der Waals surface area (Å²) in [6.45, 7) is 8.99. The van der Waals surface area contributed by atoms with E-state index in [2.05, 4.69) is 80.1 Å². The minimum atomic E-state index is -0.0293. The summed E-state index contributed by atoms with van der Waals surface area (Å²) >= 11 is 0. The van der Waals surface area contributed by atoms with Gasteiger partial charge in [0.25, 0.3) is 0 Å². The third kappa shape index (κ3) is 1.86. The third-order valence-electron chi connectivity index (χ3n) is 5.43. The van der Waals surface area contributed by atoms with Crippen LogP contribution in [0.3, 0.4) is 0 Å². The first-order chi connectivity index (χ1) is 10.9. The van der Waals surface area contributed by atoms with Crippen molar-refractivity contribution in [3.05, 3.63) is 59.7 Å². The second kappa shape index (κ2) is 4.60. The average Bonchev–Trinajstić information content (AvgIpc) is 2.96. The Bertz CT molecular complexity index is 820. The number of hydrogen-bond donors (Lipinski definition) is 0. The molecule has 0 N–H and O–H groups in total. The van der Waals surface area contributed by atoms with Gasteiger partial charge in [-0.1, -0.05) is 26.0 Å². The number of fused-ring (bicyclic) bond motifs is 3. The number of aromatic nitrogens is 1. The van der Waals surface area contributed by atoms with Crippen LogP contribution < -0.4 is 4.90 Å². The van der Waals surface area contributed by atoms with E-state index in [0.29, 0.717) is 6.17 Å². The van der Waals surface area contributed by atoms with Crippen molar-refractivity contribution in [2.45, 2.75) is 39.3 Å². The lowest BCUT2D eigenvalue weighted by molar-refractivity contribution is 0.383. The number of aryl methyl sites for hydroxylation is 1. The van der Waals surface area contributed by atoms with E-state index in [1.807, 2.05) is 12.3 Å². The topological polar surface area (TPSA) is 19.4 Å². The van der Waals surface area contributed by atoms with Gasteiger partial charge in [0, 0.05) is 42.3 Å². The van der Waals surface area contributed by atoms with Crippen molar-refractivity contribution in [2.75, 3.05) is 11.9 Å². The number of pyridine rings is 1. The second-order valence-electron chi connectivity index (χ2n) is 7.21. The summed E-state index contributed by atoms with van der Waals surface area (Å²) in [5, 5.41) is 0. The first-order valence-corrected chi connectivity index (χ1v) is 8.21. The predicted octanol–water partition coefficient (Wildman–Crippen LogP) is 4.27. The quantitative estimate of drug-likeness (QED) is 0.784. The molecule has 0 bridgehead atoms. The number of hydrogen-bond acceptors (Lipinski definition) is 3. The van der Waals surface area contributed by atoms with Gasteiger partial charge in [-0.3, -0.25) is 4.98 Å². The molecular formula is C20H23N3. The lowest BCUT2D eigenvalue weighted by atomic mass is 9.84. The van der Waals surface area contributed by atoms with Crippen molar-refractivity contribution in [1.82, 2.24) is 9.88 Å². The van der Waals surface area contributed by atoms with E-state index >= 15 is 0 Å². The maximum atomic E-state index is 4.67. The molecule has 118 valence electrons. The molecule has 3 nitrogen and oxygen atoms in total. The van der Waals surface area contributed by atoms with Crippen molar-refractivity contribution < 1.29 is 0 Å². The fourth-order valence-electron chi connectivity index (χ4n) is 3.87. The molecule has 0 saturated carbocycles. The lowest BCUT2D eigenvalue weighted by Gasteiger charge is -2.29. The average molecular weight is 305 g/mol. The van der Waals surface area contributed by atoms with Gasteiger partial charge in [0.05, 0.1) is 5.69 Å². The summed E-state index contributed by atoms with van der Waals surface area (Å²) in [6, 6.07) is 8.94. The van der Waals surface area contributed by atoms with Gasteiger partial charge in [0.1, 0.15) is 6.17 Å². The number of nitrogens with zero attached hydrogens (tertiary/aromatic N) is 3. The normalized spacial score (nSPS) is 20.8. The molecule has 1 aliphatic carbocycles. The smallest absolute Gasteiger partial charge is 0.102 e. The molecule has 0 fully saturated rings. The van der Waals surface area contributed by atoms with Crippen LogP contribution >= 0.6 is 0 Å². The predicted molar refractivity (Wildman–Crippen MR) is 95.4 cm³/mol. The Balaban J connectivity index is 1.92. The van der Waals surface area contributed by atoms with Crippen LogP contribution in [0.15, 0.2) is 42.9 Å². The standard InChI is InChI=1S/C20H23N3/c1-13-11-17-16(12-18(13)23-10-9-22(5)14(23)2)15-7-6-8-21-19(15)20(17,3)4/h6-12,14H,1-5H3/t14-/m0/s1. The highest BCUT2D eigenvalue weighted by Gasteiger charge is 2.37. The maximum Gasteiger partial charge on any atom is 0.102 e. The molecule has 0 spiro atoms. The summed E-state index contributed by atoms with van der Waals surface area (Å²) in [5.41, 5.74) is 7.75. The summed E-state index contributed by atoms with van der Waals surface area (Å²) in [6.07, 6.45) is 6.55. The van der Waals surface area contributed by atoms with Gasteiger partial charge < -0.3 is 9.80 Å². The van der Waals surface area contributed by atoms with Crippen molar-refractivity contribution in [3.63, 3.8) is 0 Å². The van der Waals surface area contributed by atoms with Crippen molar-refractivity contribution in [2.24, 2.45) is 0 Å². The first-order valence-electron chi connectivity index (χ1n) is 8.21. The summed E-state index contributed by atoms with van der Waals surface area (Å²) in [7, 11) is 2.12. The zero-order chi connectivity index (χ0) is 16.4. The highest BCUT2D eigenvalue weighted by molar-refractivity contribution is 5.83. The van der Waals surface area contributed by atoms with Crippen LogP contribution in [0, 0.1) is 6.92 Å². The molecule has 0 radical (unpaired) electrons. The molecule has 2 heterocycles. The molecule has 0 saturated heterocycles. The van der Waals surface area contributed by atoms with Gasteiger partial charge in [0.2, 0.25) is 0 Å². The molecule has 1 aromatic carbocycles. The van der Waals surface area contributed by atoms with Crippen molar-refractivity contribution >= 4 is 5.69 Å². The zero-order valence-electron chi connectivity index (χ0n) is 14.5. The Morgan fingerprint density at radius 1 is 1.13 bits per heavy atom. The molecular weight excluding hydrogens is 282 g/mol. The summed E-state index contributed by atoms with van der Waals surface area (Å²) < 4.78 is 0. The number of rotatable bonds is 1. The fourth-order valence-corrected chi connectivity index (χ4v) is 3.87. The van der Waals surface area contributed by atoms with E-state index in [-0.39, 0.29) is 5.41 Å². The number of anilines is 1. The third-order valence-corrected chi connectivity index (χ3v) is 5.43. The Kier molecular flexibility index (Phi) is 2.87. The van der Waals surface area contributed by atoms with E-state index < -0.39 is 0 Å². The molecule has 4 rings (SSSR count). The molecule has 1 aliphatic heterocycles. The van der Waals surface area contributed by atoms with Crippen molar-refractivity contribution in [1.29, 1.82) is 0 Å². The Morgan fingerprint density at radius 3 is 2.61 bits per heavy atom. The van der Waals surface area contributed by atoms with Crippen LogP contribution in [0.1, 0.15) is 37.6 Å².